The summed E-state index contributed by atoms with van der Waals surface area (Å²) in [6.45, 7) is 0. The van der Waals surface area contributed by atoms with Crippen LogP contribution in [-0.4, -0.2) is 23.2 Å². The highest BCUT2D eigenvalue weighted by atomic mass is 32.1. The Labute approximate surface area is 96.1 Å². The Hall–Kier alpha value is -1.95. The molecule has 0 aliphatic rings. The molecule has 2 rings (SSSR count). The third kappa shape index (κ3) is 2.34. The largest absolute Gasteiger partial charge is 0.453 e. The van der Waals surface area contributed by atoms with Gasteiger partial charge < -0.3 is 4.74 Å². The summed E-state index contributed by atoms with van der Waals surface area (Å²) in [5, 5.41) is 4.86. The normalized spacial score (nSPS) is 9.81. The lowest BCUT2D eigenvalue weighted by Gasteiger charge is -1.97. The molecule has 1 N–H and O–H groups in total. The lowest BCUT2D eigenvalue weighted by atomic mass is 10.2. The first kappa shape index (κ1) is 10.6. The van der Waals surface area contributed by atoms with Crippen LogP contribution >= 0.6 is 11.3 Å². The molecule has 0 atom stereocenters. The van der Waals surface area contributed by atoms with E-state index in [4.69, 9.17) is 0 Å². The molecule has 6 heteroatoms. The second-order valence-electron chi connectivity index (χ2n) is 2.90. The number of nitrogens with one attached hydrogen (secondary N) is 1. The molecule has 0 bridgehead atoms. The topological polar surface area (TPSA) is 64.1 Å². The molecule has 1 amide bonds. The zero-order valence-electron chi connectivity index (χ0n) is 8.51. The van der Waals surface area contributed by atoms with Crippen molar-refractivity contribution < 1.29 is 9.53 Å². The highest BCUT2D eigenvalue weighted by molar-refractivity contribution is 7.14. The zero-order valence-corrected chi connectivity index (χ0v) is 9.32. The molecule has 16 heavy (non-hydrogen) atoms. The fourth-order valence-electron chi connectivity index (χ4n) is 1.12. The predicted octanol–water partition coefficient (Wildman–Crippen LogP) is 2.38. The molecule has 82 valence electrons. The highest BCUT2D eigenvalue weighted by Gasteiger charge is 2.07. The molecule has 0 aliphatic heterocycles. The summed E-state index contributed by atoms with van der Waals surface area (Å²) in [6, 6.07) is 3.74. The average molecular weight is 235 g/mol. The van der Waals surface area contributed by atoms with Crippen LogP contribution in [-0.2, 0) is 4.74 Å². The minimum absolute atomic E-state index is 0.505. The smallest absolute Gasteiger partial charge is 0.413 e. The van der Waals surface area contributed by atoms with Crippen molar-refractivity contribution in [1.82, 2.24) is 9.97 Å². The number of hydrogen-bond acceptors (Lipinski definition) is 5. The summed E-state index contributed by atoms with van der Waals surface area (Å²) in [5.41, 5.74) is 1.70. The van der Waals surface area contributed by atoms with Crippen LogP contribution in [0.15, 0.2) is 29.9 Å². The van der Waals surface area contributed by atoms with E-state index in [1.165, 1.54) is 18.4 Å². The van der Waals surface area contributed by atoms with E-state index in [0.717, 1.165) is 11.3 Å². The number of carbonyl (C=O) groups is 1. The van der Waals surface area contributed by atoms with Gasteiger partial charge in [0.05, 0.1) is 12.8 Å². The molecule has 0 saturated heterocycles. The van der Waals surface area contributed by atoms with E-state index in [0.29, 0.717) is 5.13 Å². The number of amides is 1. The van der Waals surface area contributed by atoms with Gasteiger partial charge in [0, 0.05) is 23.3 Å². The summed E-state index contributed by atoms with van der Waals surface area (Å²) in [4.78, 5) is 19.2. The minimum Gasteiger partial charge on any atom is -0.453 e. The first-order valence-corrected chi connectivity index (χ1v) is 5.38. The monoisotopic (exact) mass is 235 g/mol. The number of ether oxygens (including phenoxy) is 1. The maximum atomic E-state index is 10.9. The number of nitrogens with zero attached hydrogens (tertiary/aromatic N) is 2. The molecule has 5 nitrogen and oxygen atoms in total. The van der Waals surface area contributed by atoms with Crippen LogP contribution in [0.3, 0.4) is 0 Å². The van der Waals surface area contributed by atoms with Crippen LogP contribution in [0.4, 0.5) is 9.93 Å². The van der Waals surface area contributed by atoms with Gasteiger partial charge in [-0.05, 0) is 12.1 Å². The number of methoxy groups -OCH3 is 1. The standard InChI is InChI=1S/C10H9N3O2S/c1-15-10(14)13-9-12-8(6-16-9)7-3-2-4-11-5-7/h2-6H,1H3,(H,12,13,14). The van der Waals surface area contributed by atoms with Crippen molar-refractivity contribution >= 4 is 22.6 Å². The fourth-order valence-corrected chi connectivity index (χ4v) is 1.82. The maximum Gasteiger partial charge on any atom is 0.413 e. The van der Waals surface area contributed by atoms with Crippen molar-refractivity contribution in [3.05, 3.63) is 29.9 Å². The van der Waals surface area contributed by atoms with Gasteiger partial charge >= 0.3 is 6.09 Å². The van der Waals surface area contributed by atoms with Crippen LogP contribution in [0.5, 0.6) is 0 Å². The maximum absolute atomic E-state index is 10.9. The Morgan fingerprint density at radius 1 is 1.56 bits per heavy atom. The van der Waals surface area contributed by atoms with E-state index in [-0.39, 0.29) is 0 Å². The van der Waals surface area contributed by atoms with E-state index in [1.54, 1.807) is 12.4 Å². The molecule has 0 spiro atoms. The Morgan fingerprint density at radius 3 is 3.12 bits per heavy atom. The molecular weight excluding hydrogens is 226 g/mol. The number of hydrogen-bond donors (Lipinski definition) is 1. The lowest BCUT2D eigenvalue weighted by molar-refractivity contribution is 0.187. The molecular formula is C10H9N3O2S. The first-order chi connectivity index (χ1) is 7.79. The Balaban J connectivity index is 2.17. The summed E-state index contributed by atoms with van der Waals surface area (Å²) in [6.07, 6.45) is 2.90. The number of thiazole rings is 1. The van der Waals surface area contributed by atoms with E-state index in [2.05, 4.69) is 20.0 Å². The summed E-state index contributed by atoms with van der Waals surface area (Å²) in [7, 11) is 1.31. The minimum atomic E-state index is -0.521. The lowest BCUT2D eigenvalue weighted by Crippen LogP contribution is -2.10. The third-order valence-electron chi connectivity index (χ3n) is 1.86. The van der Waals surface area contributed by atoms with Gasteiger partial charge in [0.1, 0.15) is 0 Å². The molecule has 0 unspecified atom stereocenters. The van der Waals surface area contributed by atoms with Gasteiger partial charge in [-0.25, -0.2) is 9.78 Å². The summed E-state index contributed by atoms with van der Waals surface area (Å²) < 4.78 is 4.47. The van der Waals surface area contributed by atoms with Crippen LogP contribution in [0.2, 0.25) is 0 Å². The number of carbonyl (C=O) groups excluding carboxylic acids is 1. The summed E-state index contributed by atoms with van der Waals surface area (Å²) in [5.74, 6) is 0. The zero-order chi connectivity index (χ0) is 11.4. The van der Waals surface area contributed by atoms with Crippen molar-refractivity contribution in [2.45, 2.75) is 0 Å². The molecule has 2 aromatic rings. The fraction of sp³-hybridized carbons (Fsp3) is 0.100. The average Bonchev–Trinajstić information content (AvgIpc) is 2.78. The molecule has 0 radical (unpaired) electrons. The molecule has 2 heterocycles. The van der Waals surface area contributed by atoms with Gasteiger partial charge in [-0.2, -0.15) is 0 Å². The second kappa shape index (κ2) is 4.71. The van der Waals surface area contributed by atoms with Crippen LogP contribution in [0, 0.1) is 0 Å². The van der Waals surface area contributed by atoms with Crippen LogP contribution in [0.1, 0.15) is 0 Å². The number of anilines is 1. The van der Waals surface area contributed by atoms with Gasteiger partial charge in [0.25, 0.3) is 0 Å². The van der Waals surface area contributed by atoms with Crippen molar-refractivity contribution in [2.75, 3.05) is 12.4 Å². The van der Waals surface area contributed by atoms with Crippen molar-refractivity contribution in [2.24, 2.45) is 0 Å². The van der Waals surface area contributed by atoms with Gasteiger partial charge in [0.15, 0.2) is 5.13 Å². The van der Waals surface area contributed by atoms with E-state index < -0.39 is 6.09 Å². The van der Waals surface area contributed by atoms with Crippen LogP contribution < -0.4 is 5.32 Å². The van der Waals surface area contributed by atoms with E-state index >= 15 is 0 Å². The quantitative estimate of drug-likeness (QED) is 0.868. The molecule has 2 aromatic heterocycles. The van der Waals surface area contributed by atoms with Crippen molar-refractivity contribution in [1.29, 1.82) is 0 Å². The van der Waals surface area contributed by atoms with Crippen LogP contribution in [0.25, 0.3) is 11.3 Å². The molecule has 0 aromatic carbocycles. The number of aromatic nitrogens is 2. The Bertz CT molecular complexity index is 484. The summed E-state index contributed by atoms with van der Waals surface area (Å²) >= 11 is 1.34. The molecule has 0 fully saturated rings. The van der Waals surface area contributed by atoms with E-state index in [9.17, 15) is 4.79 Å². The Morgan fingerprint density at radius 2 is 2.44 bits per heavy atom. The van der Waals surface area contributed by atoms with Gasteiger partial charge in [-0.1, -0.05) is 0 Å². The Kier molecular flexibility index (Phi) is 3.11. The SMILES string of the molecule is COC(=O)Nc1nc(-c2cccnc2)cs1. The number of rotatable bonds is 2. The van der Waals surface area contributed by atoms with E-state index in [1.807, 2.05) is 17.5 Å². The number of pyridine rings is 1. The third-order valence-corrected chi connectivity index (χ3v) is 2.61. The van der Waals surface area contributed by atoms with Gasteiger partial charge in [-0.15, -0.1) is 11.3 Å². The second-order valence-corrected chi connectivity index (χ2v) is 3.75. The van der Waals surface area contributed by atoms with Crippen molar-refractivity contribution in [3.63, 3.8) is 0 Å². The predicted molar refractivity (Wildman–Crippen MR) is 61.4 cm³/mol. The highest BCUT2D eigenvalue weighted by Crippen LogP contribution is 2.23. The molecule has 0 aliphatic carbocycles. The van der Waals surface area contributed by atoms with Gasteiger partial charge in [-0.3, -0.25) is 10.3 Å². The first-order valence-electron chi connectivity index (χ1n) is 4.50. The van der Waals surface area contributed by atoms with Crippen molar-refractivity contribution in [3.8, 4) is 11.3 Å². The van der Waals surface area contributed by atoms with Gasteiger partial charge in [0.2, 0.25) is 0 Å². The molecule has 0 saturated carbocycles.